The van der Waals surface area contributed by atoms with Crippen LogP contribution in [0, 0.1) is 13.8 Å². The van der Waals surface area contributed by atoms with Gasteiger partial charge in [-0.05, 0) is 20.8 Å². The fourth-order valence-corrected chi connectivity index (χ4v) is 1.29. The van der Waals surface area contributed by atoms with E-state index in [0.29, 0.717) is 6.41 Å². The molecular formula is C8H12N2O2. The zero-order chi connectivity index (χ0) is 9.14. The lowest BCUT2D eigenvalue weighted by Crippen LogP contribution is -2.17. The van der Waals surface area contributed by atoms with Crippen molar-refractivity contribution in [1.29, 1.82) is 0 Å². The van der Waals surface area contributed by atoms with Crippen molar-refractivity contribution < 1.29 is 9.32 Å². The first-order chi connectivity index (χ1) is 5.66. The lowest BCUT2D eigenvalue weighted by Gasteiger charge is -2.08. The molecule has 12 heavy (non-hydrogen) atoms. The number of nitrogens with zero attached hydrogens (tertiary/aromatic N) is 1. The van der Waals surface area contributed by atoms with Gasteiger partial charge in [0.05, 0.1) is 11.7 Å². The molecule has 1 atom stereocenters. The molecule has 0 spiro atoms. The number of rotatable bonds is 3. The van der Waals surface area contributed by atoms with Gasteiger partial charge in [0.1, 0.15) is 5.76 Å². The van der Waals surface area contributed by atoms with Gasteiger partial charge in [-0.3, -0.25) is 4.79 Å². The maximum atomic E-state index is 10.2. The molecule has 1 N–H and O–H groups in total. The van der Waals surface area contributed by atoms with Crippen molar-refractivity contribution in [3.05, 3.63) is 17.0 Å². The van der Waals surface area contributed by atoms with Crippen LogP contribution in [0.1, 0.15) is 30.0 Å². The molecule has 66 valence electrons. The number of hydrogen-bond acceptors (Lipinski definition) is 3. The Morgan fingerprint density at radius 2 is 2.25 bits per heavy atom. The van der Waals surface area contributed by atoms with Crippen molar-refractivity contribution >= 4 is 6.41 Å². The zero-order valence-corrected chi connectivity index (χ0v) is 7.42. The molecule has 1 unspecified atom stereocenters. The third-order valence-electron chi connectivity index (χ3n) is 1.84. The molecule has 1 rings (SSSR count). The van der Waals surface area contributed by atoms with E-state index in [1.165, 1.54) is 0 Å². The summed E-state index contributed by atoms with van der Waals surface area (Å²) in [6, 6.07) is -0.0336. The topological polar surface area (TPSA) is 55.1 Å². The normalized spacial score (nSPS) is 12.6. The molecule has 4 nitrogen and oxygen atoms in total. The molecule has 0 saturated carbocycles. The molecule has 1 aromatic heterocycles. The molecule has 1 aromatic rings. The average molecular weight is 168 g/mol. The van der Waals surface area contributed by atoms with Crippen LogP contribution >= 0.6 is 0 Å². The third kappa shape index (κ3) is 1.47. The van der Waals surface area contributed by atoms with Gasteiger partial charge >= 0.3 is 0 Å². The zero-order valence-electron chi connectivity index (χ0n) is 7.42. The van der Waals surface area contributed by atoms with Crippen LogP contribution in [0.3, 0.4) is 0 Å². The standard InChI is InChI=1S/C8H12N2O2/c1-5(9-4-11)8-6(2)10-12-7(8)3/h4-5H,1-3H3,(H,9,11). The molecule has 0 saturated heterocycles. The summed E-state index contributed by atoms with van der Waals surface area (Å²) < 4.78 is 4.96. The predicted molar refractivity (Wildman–Crippen MR) is 43.6 cm³/mol. The van der Waals surface area contributed by atoms with E-state index >= 15 is 0 Å². The summed E-state index contributed by atoms with van der Waals surface area (Å²) in [6.45, 7) is 5.58. The van der Waals surface area contributed by atoms with E-state index in [-0.39, 0.29) is 6.04 Å². The second-order valence-electron chi connectivity index (χ2n) is 2.74. The Hall–Kier alpha value is -1.32. The predicted octanol–water partition coefficient (Wildman–Crippen LogP) is 1.10. The van der Waals surface area contributed by atoms with Crippen LogP contribution in [0.2, 0.25) is 0 Å². The molecule has 1 amide bonds. The molecule has 0 aliphatic carbocycles. The number of hydrogen-bond donors (Lipinski definition) is 1. The van der Waals surface area contributed by atoms with Gasteiger partial charge in [0, 0.05) is 5.56 Å². The van der Waals surface area contributed by atoms with Gasteiger partial charge < -0.3 is 9.84 Å². The van der Waals surface area contributed by atoms with Gasteiger partial charge in [0.25, 0.3) is 0 Å². The average Bonchev–Trinajstić information content (AvgIpc) is 2.32. The molecule has 0 fully saturated rings. The lowest BCUT2D eigenvalue weighted by atomic mass is 10.1. The van der Waals surface area contributed by atoms with Crippen molar-refractivity contribution in [2.75, 3.05) is 0 Å². The second kappa shape index (κ2) is 3.38. The Bertz CT molecular complexity index is 261. The van der Waals surface area contributed by atoms with E-state index < -0.39 is 0 Å². The fraction of sp³-hybridized carbons (Fsp3) is 0.500. The smallest absolute Gasteiger partial charge is 0.207 e. The van der Waals surface area contributed by atoms with Crippen LogP contribution in [0.4, 0.5) is 0 Å². The van der Waals surface area contributed by atoms with E-state index in [1.54, 1.807) is 0 Å². The first-order valence-corrected chi connectivity index (χ1v) is 3.79. The molecule has 0 bridgehead atoms. The van der Waals surface area contributed by atoms with Gasteiger partial charge in [0.15, 0.2) is 0 Å². The minimum absolute atomic E-state index is 0.0336. The van der Waals surface area contributed by atoms with Crippen LogP contribution in [-0.4, -0.2) is 11.6 Å². The largest absolute Gasteiger partial charge is 0.361 e. The van der Waals surface area contributed by atoms with Gasteiger partial charge in [-0.25, -0.2) is 0 Å². The maximum absolute atomic E-state index is 10.2. The maximum Gasteiger partial charge on any atom is 0.207 e. The van der Waals surface area contributed by atoms with Gasteiger partial charge in [0.2, 0.25) is 6.41 Å². The van der Waals surface area contributed by atoms with Crippen molar-refractivity contribution in [1.82, 2.24) is 10.5 Å². The first-order valence-electron chi connectivity index (χ1n) is 3.79. The molecule has 0 aliphatic heterocycles. The highest BCUT2D eigenvalue weighted by Crippen LogP contribution is 2.19. The van der Waals surface area contributed by atoms with E-state index in [9.17, 15) is 4.79 Å². The fourth-order valence-electron chi connectivity index (χ4n) is 1.29. The number of amides is 1. The highest BCUT2D eigenvalue weighted by Gasteiger charge is 2.14. The quantitative estimate of drug-likeness (QED) is 0.687. The summed E-state index contributed by atoms with van der Waals surface area (Å²) in [7, 11) is 0. The summed E-state index contributed by atoms with van der Waals surface area (Å²) >= 11 is 0. The molecular weight excluding hydrogens is 156 g/mol. The molecule has 1 heterocycles. The van der Waals surface area contributed by atoms with E-state index in [1.807, 2.05) is 20.8 Å². The third-order valence-corrected chi connectivity index (χ3v) is 1.84. The van der Waals surface area contributed by atoms with Crippen LogP contribution in [0.5, 0.6) is 0 Å². The van der Waals surface area contributed by atoms with E-state index in [4.69, 9.17) is 4.52 Å². The SMILES string of the molecule is Cc1noc(C)c1C(C)NC=O. The molecule has 0 radical (unpaired) electrons. The molecule has 4 heteroatoms. The summed E-state index contributed by atoms with van der Waals surface area (Å²) in [5.74, 6) is 0.759. The minimum atomic E-state index is -0.0336. The van der Waals surface area contributed by atoms with Crippen molar-refractivity contribution in [3.8, 4) is 0 Å². The van der Waals surface area contributed by atoms with Crippen molar-refractivity contribution in [2.24, 2.45) is 0 Å². The first kappa shape index (κ1) is 8.77. The molecule has 0 aromatic carbocycles. The summed E-state index contributed by atoms with van der Waals surface area (Å²) in [5.41, 5.74) is 1.79. The number of aryl methyl sites for hydroxylation is 2. The summed E-state index contributed by atoms with van der Waals surface area (Å²) in [4.78, 5) is 10.2. The van der Waals surface area contributed by atoms with Crippen LogP contribution < -0.4 is 5.32 Å². The van der Waals surface area contributed by atoms with Gasteiger partial charge in [-0.15, -0.1) is 0 Å². The number of carbonyl (C=O) groups is 1. The summed E-state index contributed by atoms with van der Waals surface area (Å²) in [6.07, 6.45) is 0.677. The summed E-state index contributed by atoms with van der Waals surface area (Å²) in [5, 5.41) is 6.44. The Balaban J connectivity index is 2.92. The van der Waals surface area contributed by atoms with Crippen molar-refractivity contribution in [3.63, 3.8) is 0 Å². The van der Waals surface area contributed by atoms with Crippen LogP contribution in [-0.2, 0) is 4.79 Å². The van der Waals surface area contributed by atoms with Gasteiger partial charge in [-0.2, -0.15) is 0 Å². The highest BCUT2D eigenvalue weighted by molar-refractivity contribution is 5.48. The minimum Gasteiger partial charge on any atom is -0.361 e. The van der Waals surface area contributed by atoms with Gasteiger partial charge in [-0.1, -0.05) is 5.16 Å². The number of aromatic nitrogens is 1. The molecule has 0 aliphatic rings. The Morgan fingerprint density at radius 1 is 1.58 bits per heavy atom. The second-order valence-corrected chi connectivity index (χ2v) is 2.74. The van der Waals surface area contributed by atoms with Crippen molar-refractivity contribution in [2.45, 2.75) is 26.8 Å². The van der Waals surface area contributed by atoms with E-state index in [0.717, 1.165) is 17.0 Å². The monoisotopic (exact) mass is 168 g/mol. The highest BCUT2D eigenvalue weighted by atomic mass is 16.5. The Morgan fingerprint density at radius 3 is 2.67 bits per heavy atom. The Kier molecular flexibility index (Phi) is 2.47. The van der Waals surface area contributed by atoms with Crippen LogP contribution in [0.15, 0.2) is 4.52 Å². The van der Waals surface area contributed by atoms with Crippen LogP contribution in [0.25, 0.3) is 0 Å². The lowest BCUT2D eigenvalue weighted by molar-refractivity contribution is -0.110. The van der Waals surface area contributed by atoms with E-state index in [2.05, 4.69) is 10.5 Å². The number of carbonyl (C=O) groups excluding carboxylic acids is 1. The number of nitrogens with one attached hydrogen (secondary N) is 1. The Labute approximate surface area is 70.9 Å².